The number of nitrogens with one attached hydrogen (secondary N) is 2. The molecule has 1 aliphatic carbocycles. The van der Waals surface area contributed by atoms with Gasteiger partial charge in [-0.25, -0.2) is 9.36 Å². The van der Waals surface area contributed by atoms with E-state index in [1.54, 1.807) is 0 Å². The van der Waals surface area contributed by atoms with E-state index in [4.69, 9.17) is 9.26 Å². The molecule has 2 aliphatic rings. The van der Waals surface area contributed by atoms with Crippen molar-refractivity contribution in [1.29, 1.82) is 0 Å². The van der Waals surface area contributed by atoms with E-state index in [2.05, 4.69) is 27.0 Å². The number of carbonyl (C=O) groups is 3. The van der Waals surface area contributed by atoms with Gasteiger partial charge in [0.05, 0.1) is 18.8 Å². The lowest BCUT2D eigenvalue weighted by Gasteiger charge is -2.24. The zero-order valence-corrected chi connectivity index (χ0v) is 28.3. The van der Waals surface area contributed by atoms with Gasteiger partial charge in [-0.2, -0.15) is 0 Å². The van der Waals surface area contributed by atoms with Crippen molar-refractivity contribution in [2.45, 2.75) is 82.5 Å². The van der Waals surface area contributed by atoms with Crippen molar-refractivity contribution >= 4 is 25.7 Å². The fourth-order valence-electron chi connectivity index (χ4n) is 5.84. The second-order valence-corrected chi connectivity index (χ2v) is 13.6. The van der Waals surface area contributed by atoms with Crippen LogP contribution in [0.15, 0.2) is 48.5 Å². The van der Waals surface area contributed by atoms with Crippen molar-refractivity contribution in [3.05, 3.63) is 70.8 Å². The van der Waals surface area contributed by atoms with E-state index in [0.717, 1.165) is 55.0 Å². The minimum absolute atomic E-state index is 0.0316. The number of rotatable bonds is 17. The van der Waals surface area contributed by atoms with E-state index in [9.17, 15) is 28.9 Å². The molecule has 0 saturated carbocycles. The van der Waals surface area contributed by atoms with Crippen LogP contribution in [0.3, 0.4) is 0 Å². The molecule has 2 aromatic carbocycles. The van der Waals surface area contributed by atoms with Crippen LogP contribution < -0.4 is 10.6 Å². The third-order valence-electron chi connectivity index (χ3n) is 8.42. The standard InChI is InChI=1S/C35H46N3O9P/c1-45-48(43,44)46-25-29-23-30(39)24-38(29)34(41)17-5-3-10-20-36-33(40)16-4-2-11-21-37-35(42)47-32-22-28-14-7-6-12-26(28)18-19-27-13-8-9-15-31(27)32/h6-9,12-15,29-30,32,39H,2-5,10-11,16-17,20-25H2,1H3,(H,36,40)(H,37,42)(H,43,44)/t29-,30+,32?/m0/s1. The Kier molecular flexibility index (Phi) is 14.5. The average molecular weight is 684 g/mol. The Hall–Kier alpha value is -3.72. The smallest absolute Gasteiger partial charge is 0.441 e. The highest BCUT2D eigenvalue weighted by Crippen LogP contribution is 2.42. The number of nitrogens with zero attached hydrogens (tertiary/aromatic N) is 1. The van der Waals surface area contributed by atoms with Crippen LogP contribution in [0, 0.1) is 11.8 Å². The Morgan fingerprint density at radius 2 is 1.58 bits per heavy atom. The molecule has 13 heteroatoms. The molecule has 4 N–H and O–H groups in total. The quantitative estimate of drug-likeness (QED) is 0.108. The topological polar surface area (TPSA) is 164 Å². The van der Waals surface area contributed by atoms with Crippen LogP contribution in [0.25, 0.3) is 0 Å². The summed E-state index contributed by atoms with van der Waals surface area (Å²) in [4.78, 5) is 48.5. The third kappa shape index (κ3) is 11.8. The third-order valence-corrected chi connectivity index (χ3v) is 9.36. The van der Waals surface area contributed by atoms with Crippen LogP contribution in [0.1, 0.15) is 86.1 Å². The number of aliphatic hydroxyl groups is 1. The maximum absolute atomic E-state index is 12.7. The summed E-state index contributed by atoms with van der Waals surface area (Å²) in [5.74, 6) is 6.26. The Balaban J connectivity index is 1.04. The Morgan fingerprint density at radius 3 is 2.35 bits per heavy atom. The van der Waals surface area contributed by atoms with Gasteiger partial charge in [0, 0.05) is 62.7 Å². The van der Waals surface area contributed by atoms with Crippen LogP contribution in [0.4, 0.5) is 4.79 Å². The molecule has 3 amide bonds. The molecule has 48 heavy (non-hydrogen) atoms. The van der Waals surface area contributed by atoms with Crippen molar-refractivity contribution in [2.24, 2.45) is 0 Å². The second-order valence-electron chi connectivity index (χ2n) is 12.0. The van der Waals surface area contributed by atoms with E-state index in [1.807, 2.05) is 48.5 Å². The van der Waals surface area contributed by atoms with Crippen LogP contribution in [0.5, 0.6) is 0 Å². The van der Waals surface area contributed by atoms with E-state index >= 15 is 0 Å². The number of aliphatic hydroxyl groups excluding tert-OH is 1. The molecular weight excluding hydrogens is 637 g/mol. The first-order valence-corrected chi connectivity index (χ1v) is 18.1. The first-order chi connectivity index (χ1) is 23.1. The summed E-state index contributed by atoms with van der Waals surface area (Å²) in [6.45, 7) is 0.931. The molecule has 4 atom stereocenters. The summed E-state index contributed by atoms with van der Waals surface area (Å²) in [5, 5.41) is 15.7. The predicted octanol–water partition coefficient (Wildman–Crippen LogP) is 4.37. The number of hydrogen-bond donors (Lipinski definition) is 4. The van der Waals surface area contributed by atoms with E-state index < -0.39 is 32.2 Å². The zero-order chi connectivity index (χ0) is 34.4. The van der Waals surface area contributed by atoms with Gasteiger partial charge in [0.15, 0.2) is 0 Å². The van der Waals surface area contributed by atoms with Gasteiger partial charge >= 0.3 is 13.9 Å². The fourth-order valence-corrected chi connectivity index (χ4v) is 6.30. The van der Waals surface area contributed by atoms with Gasteiger partial charge in [0.2, 0.25) is 11.8 Å². The number of fused-ring (bicyclic) bond motifs is 2. The number of phosphoric acid groups is 1. The average Bonchev–Trinajstić information content (AvgIpc) is 3.45. The monoisotopic (exact) mass is 683 g/mol. The van der Waals surface area contributed by atoms with Crippen molar-refractivity contribution in [1.82, 2.24) is 15.5 Å². The van der Waals surface area contributed by atoms with Gasteiger partial charge in [-0.3, -0.25) is 18.6 Å². The summed E-state index contributed by atoms with van der Waals surface area (Å²) in [5.41, 5.74) is 3.70. The van der Waals surface area contributed by atoms with Crippen LogP contribution in [0.2, 0.25) is 0 Å². The van der Waals surface area contributed by atoms with Gasteiger partial charge < -0.3 is 30.3 Å². The molecule has 2 aromatic rings. The number of benzene rings is 2. The second kappa shape index (κ2) is 18.7. The molecule has 0 radical (unpaired) electrons. The Bertz CT molecular complexity index is 1510. The van der Waals surface area contributed by atoms with E-state index in [-0.39, 0.29) is 37.8 Å². The zero-order valence-electron chi connectivity index (χ0n) is 27.4. The number of ether oxygens (including phenoxy) is 1. The van der Waals surface area contributed by atoms with Crippen molar-refractivity contribution < 1.29 is 42.7 Å². The highest BCUT2D eigenvalue weighted by Gasteiger charge is 2.35. The molecule has 12 nitrogen and oxygen atoms in total. The maximum atomic E-state index is 12.7. The number of carbonyl (C=O) groups excluding carboxylic acids is 3. The lowest BCUT2D eigenvalue weighted by molar-refractivity contribution is -0.133. The largest absolute Gasteiger partial charge is 0.471 e. The van der Waals surface area contributed by atoms with Crippen molar-refractivity contribution in [2.75, 3.05) is 33.4 Å². The van der Waals surface area contributed by atoms with Crippen LogP contribution in [-0.4, -0.2) is 78.3 Å². The summed E-state index contributed by atoms with van der Waals surface area (Å²) in [6, 6.07) is 15.1. The summed E-state index contributed by atoms with van der Waals surface area (Å²) >= 11 is 0. The number of hydrogen-bond acceptors (Lipinski definition) is 8. The number of alkyl carbamates (subject to hydrolysis) is 1. The Morgan fingerprint density at radius 1 is 0.917 bits per heavy atom. The van der Waals surface area contributed by atoms with Gasteiger partial charge in [-0.15, -0.1) is 0 Å². The molecule has 1 aliphatic heterocycles. The van der Waals surface area contributed by atoms with Gasteiger partial charge in [-0.05, 0) is 49.8 Å². The highest BCUT2D eigenvalue weighted by atomic mass is 31.2. The number of amides is 3. The van der Waals surface area contributed by atoms with E-state index in [0.29, 0.717) is 38.8 Å². The molecule has 1 heterocycles. The van der Waals surface area contributed by atoms with E-state index in [1.165, 1.54) is 4.90 Å². The lowest BCUT2D eigenvalue weighted by atomic mass is 9.92. The molecule has 4 rings (SSSR count). The van der Waals surface area contributed by atoms with Crippen LogP contribution in [-0.2, 0) is 34.4 Å². The minimum atomic E-state index is -4.16. The first kappa shape index (κ1) is 37.1. The number of unbranched alkanes of at least 4 members (excludes halogenated alkanes) is 4. The fraction of sp³-hybridized carbons (Fsp3) is 0.514. The first-order valence-electron chi connectivity index (χ1n) is 16.6. The van der Waals surface area contributed by atoms with Gasteiger partial charge in [0.1, 0.15) is 6.10 Å². The summed E-state index contributed by atoms with van der Waals surface area (Å²) < 4.78 is 26.7. The molecule has 2 unspecified atom stereocenters. The molecule has 0 aromatic heterocycles. The molecule has 260 valence electrons. The minimum Gasteiger partial charge on any atom is -0.441 e. The van der Waals surface area contributed by atoms with Gasteiger partial charge in [0.25, 0.3) is 0 Å². The van der Waals surface area contributed by atoms with Crippen molar-refractivity contribution in [3.8, 4) is 11.8 Å². The summed E-state index contributed by atoms with van der Waals surface area (Å²) in [6.07, 6.45) is 4.13. The SMILES string of the molecule is COP(=O)(O)OC[C@@H]1C[C@@H](O)CN1C(=O)CCCCCNC(=O)CCCCCNC(=O)OC1Cc2ccccc2C#Cc2ccccc21. The molecule has 0 bridgehead atoms. The predicted molar refractivity (Wildman–Crippen MR) is 179 cm³/mol. The maximum Gasteiger partial charge on any atom is 0.471 e. The van der Waals surface area contributed by atoms with Crippen molar-refractivity contribution in [3.63, 3.8) is 0 Å². The summed E-state index contributed by atoms with van der Waals surface area (Å²) in [7, 11) is -3.10. The molecule has 0 spiro atoms. The number of likely N-dealkylation sites (tertiary alicyclic amines) is 1. The number of β-amino-alcohol motifs (C(OH)–C–C–N with tert-alkyl or cyclic N) is 1. The lowest BCUT2D eigenvalue weighted by Crippen LogP contribution is -2.38. The van der Waals surface area contributed by atoms with Gasteiger partial charge in [-0.1, -0.05) is 61.1 Å². The van der Waals surface area contributed by atoms with Crippen LogP contribution >= 0.6 is 7.82 Å². The molecule has 1 saturated heterocycles. The molecular formula is C35H46N3O9P. The Labute approximate surface area is 282 Å². The number of phosphoric ester groups is 1. The normalized spacial score (nSPS) is 19.4. The molecule has 1 fully saturated rings. The highest BCUT2D eigenvalue weighted by molar-refractivity contribution is 7.47.